The second kappa shape index (κ2) is 6.44. The average Bonchev–Trinajstić information content (AvgIpc) is 1.97. The lowest BCUT2D eigenvalue weighted by Gasteiger charge is -2.16. The topological polar surface area (TPSA) is 35.2 Å². The summed E-state index contributed by atoms with van der Waals surface area (Å²) in [4.78, 5) is 0. The van der Waals surface area contributed by atoms with E-state index < -0.39 is 0 Å². The standard InChI is InChI=1S/C10H23NO/c1-8(2)6-5-7-12-10(4)9(3)11/h8-10H,5-7,11H2,1-4H3. The van der Waals surface area contributed by atoms with Crippen LogP contribution >= 0.6 is 0 Å². The van der Waals surface area contributed by atoms with E-state index in [1.807, 2.05) is 13.8 Å². The molecule has 0 aliphatic carbocycles. The Morgan fingerprint density at radius 2 is 1.75 bits per heavy atom. The van der Waals surface area contributed by atoms with Gasteiger partial charge in [0.1, 0.15) is 0 Å². The molecule has 0 bridgehead atoms. The van der Waals surface area contributed by atoms with Gasteiger partial charge in [-0.05, 0) is 32.6 Å². The van der Waals surface area contributed by atoms with Gasteiger partial charge in [0, 0.05) is 12.6 Å². The molecular weight excluding hydrogens is 150 g/mol. The van der Waals surface area contributed by atoms with Gasteiger partial charge >= 0.3 is 0 Å². The monoisotopic (exact) mass is 173 g/mol. The molecular formula is C10H23NO. The molecule has 2 atom stereocenters. The van der Waals surface area contributed by atoms with Crippen LogP contribution in [-0.2, 0) is 4.74 Å². The lowest BCUT2D eigenvalue weighted by Crippen LogP contribution is -2.31. The summed E-state index contributed by atoms with van der Waals surface area (Å²) in [7, 11) is 0. The molecule has 0 saturated carbocycles. The van der Waals surface area contributed by atoms with Gasteiger partial charge in [-0.3, -0.25) is 0 Å². The maximum atomic E-state index is 5.65. The Balaban J connectivity index is 3.20. The Kier molecular flexibility index (Phi) is 6.39. The van der Waals surface area contributed by atoms with Crippen molar-refractivity contribution in [1.29, 1.82) is 0 Å². The third kappa shape index (κ3) is 6.62. The minimum Gasteiger partial charge on any atom is -0.377 e. The van der Waals surface area contributed by atoms with Crippen molar-refractivity contribution in [2.24, 2.45) is 11.7 Å². The van der Waals surface area contributed by atoms with Crippen LogP contribution in [-0.4, -0.2) is 18.8 Å². The van der Waals surface area contributed by atoms with Gasteiger partial charge in [0.05, 0.1) is 6.10 Å². The summed E-state index contributed by atoms with van der Waals surface area (Å²) < 4.78 is 5.53. The summed E-state index contributed by atoms with van der Waals surface area (Å²) >= 11 is 0. The molecule has 0 spiro atoms. The van der Waals surface area contributed by atoms with E-state index in [0.29, 0.717) is 0 Å². The van der Waals surface area contributed by atoms with Crippen molar-refractivity contribution in [3.63, 3.8) is 0 Å². The van der Waals surface area contributed by atoms with E-state index in [1.165, 1.54) is 6.42 Å². The molecule has 0 aromatic carbocycles. The molecule has 0 aliphatic rings. The zero-order valence-corrected chi connectivity index (χ0v) is 8.84. The Morgan fingerprint density at radius 3 is 2.17 bits per heavy atom. The smallest absolute Gasteiger partial charge is 0.0695 e. The second-order valence-electron chi connectivity index (χ2n) is 3.97. The van der Waals surface area contributed by atoms with Gasteiger partial charge in [-0.1, -0.05) is 13.8 Å². The van der Waals surface area contributed by atoms with E-state index >= 15 is 0 Å². The molecule has 0 saturated heterocycles. The third-order valence-electron chi connectivity index (χ3n) is 2.05. The van der Waals surface area contributed by atoms with E-state index in [4.69, 9.17) is 10.5 Å². The molecule has 0 aliphatic heterocycles. The van der Waals surface area contributed by atoms with Gasteiger partial charge in [0.2, 0.25) is 0 Å². The second-order valence-corrected chi connectivity index (χ2v) is 3.97. The third-order valence-corrected chi connectivity index (χ3v) is 2.05. The fourth-order valence-corrected chi connectivity index (χ4v) is 0.913. The van der Waals surface area contributed by atoms with Crippen LogP contribution in [0.1, 0.15) is 40.5 Å². The van der Waals surface area contributed by atoms with E-state index in [0.717, 1.165) is 18.9 Å². The van der Waals surface area contributed by atoms with Crippen LogP contribution in [0, 0.1) is 5.92 Å². The van der Waals surface area contributed by atoms with Crippen LogP contribution in [0.4, 0.5) is 0 Å². The summed E-state index contributed by atoms with van der Waals surface area (Å²) in [5.41, 5.74) is 5.65. The fraction of sp³-hybridized carbons (Fsp3) is 1.00. The van der Waals surface area contributed by atoms with Crippen molar-refractivity contribution in [2.45, 2.75) is 52.7 Å². The number of hydrogen-bond acceptors (Lipinski definition) is 2. The van der Waals surface area contributed by atoms with Gasteiger partial charge in [-0.25, -0.2) is 0 Å². The fourth-order valence-electron chi connectivity index (χ4n) is 0.913. The van der Waals surface area contributed by atoms with Crippen LogP contribution in [0.15, 0.2) is 0 Å². The van der Waals surface area contributed by atoms with Gasteiger partial charge in [-0.2, -0.15) is 0 Å². The van der Waals surface area contributed by atoms with Crippen molar-refractivity contribution >= 4 is 0 Å². The molecule has 0 amide bonds. The van der Waals surface area contributed by atoms with Crippen molar-refractivity contribution in [3.05, 3.63) is 0 Å². The van der Waals surface area contributed by atoms with Gasteiger partial charge in [0.15, 0.2) is 0 Å². The van der Waals surface area contributed by atoms with Crippen LogP contribution in [0.25, 0.3) is 0 Å². The van der Waals surface area contributed by atoms with E-state index in [1.54, 1.807) is 0 Å². The largest absolute Gasteiger partial charge is 0.377 e. The Labute approximate surface area is 76.5 Å². The molecule has 2 N–H and O–H groups in total. The Morgan fingerprint density at radius 1 is 1.17 bits per heavy atom. The summed E-state index contributed by atoms with van der Waals surface area (Å²) in [6.07, 6.45) is 2.58. The van der Waals surface area contributed by atoms with Gasteiger partial charge < -0.3 is 10.5 Å². The minimum absolute atomic E-state index is 0.143. The number of nitrogens with two attached hydrogens (primary N) is 1. The molecule has 0 aromatic heterocycles. The highest BCUT2D eigenvalue weighted by Crippen LogP contribution is 2.04. The van der Waals surface area contributed by atoms with Gasteiger partial charge in [0.25, 0.3) is 0 Å². The lowest BCUT2D eigenvalue weighted by molar-refractivity contribution is 0.0485. The summed E-state index contributed by atoms with van der Waals surface area (Å²) in [5.74, 6) is 0.777. The maximum absolute atomic E-state index is 5.65. The average molecular weight is 173 g/mol. The normalized spacial score (nSPS) is 16.5. The zero-order valence-electron chi connectivity index (χ0n) is 8.84. The number of hydrogen-bond donors (Lipinski definition) is 1. The molecule has 2 nitrogen and oxygen atoms in total. The predicted octanol–water partition coefficient (Wildman–Crippen LogP) is 2.17. The first kappa shape index (κ1) is 11.9. The first-order valence-corrected chi connectivity index (χ1v) is 4.91. The van der Waals surface area contributed by atoms with E-state index in [9.17, 15) is 0 Å². The SMILES string of the molecule is CC(C)CCCOC(C)C(C)N. The zero-order chi connectivity index (χ0) is 9.56. The molecule has 2 heteroatoms. The Bertz CT molecular complexity index is 102. The predicted molar refractivity (Wildman–Crippen MR) is 53.1 cm³/mol. The maximum Gasteiger partial charge on any atom is 0.0695 e. The summed E-state index contributed by atoms with van der Waals surface area (Å²) in [5, 5.41) is 0. The molecule has 0 aromatic rings. The highest BCUT2D eigenvalue weighted by molar-refractivity contribution is 4.61. The van der Waals surface area contributed by atoms with Crippen molar-refractivity contribution in [3.8, 4) is 0 Å². The number of rotatable bonds is 6. The first-order chi connectivity index (χ1) is 5.54. The van der Waals surface area contributed by atoms with Crippen molar-refractivity contribution in [1.82, 2.24) is 0 Å². The highest BCUT2D eigenvalue weighted by Gasteiger charge is 2.06. The van der Waals surface area contributed by atoms with Crippen molar-refractivity contribution in [2.75, 3.05) is 6.61 Å². The van der Waals surface area contributed by atoms with Crippen LogP contribution < -0.4 is 5.73 Å². The van der Waals surface area contributed by atoms with Crippen molar-refractivity contribution < 1.29 is 4.74 Å². The molecule has 0 rings (SSSR count). The lowest BCUT2D eigenvalue weighted by atomic mass is 10.1. The molecule has 12 heavy (non-hydrogen) atoms. The quantitative estimate of drug-likeness (QED) is 0.625. The Hall–Kier alpha value is -0.0800. The highest BCUT2D eigenvalue weighted by atomic mass is 16.5. The van der Waals surface area contributed by atoms with E-state index in [-0.39, 0.29) is 12.1 Å². The van der Waals surface area contributed by atoms with Crippen LogP contribution in [0.5, 0.6) is 0 Å². The summed E-state index contributed by atoms with van der Waals surface area (Å²) in [6.45, 7) is 9.32. The molecule has 0 heterocycles. The summed E-state index contributed by atoms with van der Waals surface area (Å²) in [6, 6.07) is 0.143. The first-order valence-electron chi connectivity index (χ1n) is 4.91. The molecule has 0 radical (unpaired) electrons. The molecule has 74 valence electrons. The van der Waals surface area contributed by atoms with Crippen LogP contribution in [0.2, 0.25) is 0 Å². The van der Waals surface area contributed by atoms with Gasteiger partial charge in [-0.15, -0.1) is 0 Å². The number of ether oxygens (including phenoxy) is 1. The van der Waals surface area contributed by atoms with E-state index in [2.05, 4.69) is 13.8 Å². The van der Waals surface area contributed by atoms with Crippen LogP contribution in [0.3, 0.4) is 0 Å². The molecule has 0 fully saturated rings. The minimum atomic E-state index is 0.143. The molecule has 2 unspecified atom stereocenters.